The van der Waals surface area contributed by atoms with E-state index >= 15 is 0 Å². The average molecular weight is 235 g/mol. The standard InChI is InChI=1S/C12H17N3O2/c13-11-8-9(4-5-10(11)12(16)17)14-15-6-2-1-3-7-15/h4-5,8,14H,1-3,6-7,13H2,(H,16,17). The van der Waals surface area contributed by atoms with Crippen molar-refractivity contribution in [3.63, 3.8) is 0 Å². The zero-order valence-corrected chi connectivity index (χ0v) is 9.65. The van der Waals surface area contributed by atoms with Gasteiger partial charge in [-0.3, -0.25) is 0 Å². The second kappa shape index (κ2) is 5.05. The smallest absolute Gasteiger partial charge is 0.337 e. The van der Waals surface area contributed by atoms with Crippen LogP contribution >= 0.6 is 0 Å². The molecule has 0 aromatic heterocycles. The van der Waals surface area contributed by atoms with E-state index in [1.54, 1.807) is 12.1 Å². The predicted octanol–water partition coefficient (Wildman–Crippen LogP) is 1.78. The summed E-state index contributed by atoms with van der Waals surface area (Å²) in [6.07, 6.45) is 3.66. The first-order chi connectivity index (χ1) is 8.16. The van der Waals surface area contributed by atoms with Crippen molar-refractivity contribution in [3.8, 4) is 0 Å². The van der Waals surface area contributed by atoms with Gasteiger partial charge in [0.05, 0.1) is 11.3 Å². The molecule has 17 heavy (non-hydrogen) atoms. The van der Waals surface area contributed by atoms with Crippen LogP contribution in [0.1, 0.15) is 29.6 Å². The zero-order chi connectivity index (χ0) is 12.3. The highest BCUT2D eigenvalue weighted by atomic mass is 16.4. The van der Waals surface area contributed by atoms with Crippen LogP contribution in [0.4, 0.5) is 11.4 Å². The fraction of sp³-hybridized carbons (Fsp3) is 0.417. The molecule has 1 saturated heterocycles. The maximum Gasteiger partial charge on any atom is 0.337 e. The SMILES string of the molecule is Nc1cc(NN2CCCCC2)ccc1C(=O)O. The molecule has 1 aliphatic heterocycles. The number of nitrogen functional groups attached to an aromatic ring is 1. The molecule has 1 fully saturated rings. The van der Waals surface area contributed by atoms with Gasteiger partial charge in [0.1, 0.15) is 0 Å². The highest BCUT2D eigenvalue weighted by molar-refractivity contribution is 5.94. The monoisotopic (exact) mass is 235 g/mol. The number of carboxylic acids is 1. The molecule has 1 heterocycles. The molecule has 0 aliphatic carbocycles. The minimum atomic E-state index is -0.993. The summed E-state index contributed by atoms with van der Waals surface area (Å²) in [4.78, 5) is 10.8. The fourth-order valence-electron chi connectivity index (χ4n) is 2.02. The van der Waals surface area contributed by atoms with Gasteiger partial charge in [0, 0.05) is 18.8 Å². The predicted molar refractivity (Wildman–Crippen MR) is 66.9 cm³/mol. The number of nitrogens with one attached hydrogen (secondary N) is 1. The molecule has 5 nitrogen and oxygen atoms in total. The van der Waals surface area contributed by atoms with Crippen LogP contribution in [-0.4, -0.2) is 29.2 Å². The minimum absolute atomic E-state index is 0.147. The Hall–Kier alpha value is -1.75. The van der Waals surface area contributed by atoms with Crippen molar-refractivity contribution in [2.45, 2.75) is 19.3 Å². The van der Waals surface area contributed by atoms with Gasteiger partial charge < -0.3 is 16.3 Å². The Balaban J connectivity index is 2.06. The first kappa shape index (κ1) is 11.7. The summed E-state index contributed by atoms with van der Waals surface area (Å²) in [7, 11) is 0. The van der Waals surface area contributed by atoms with E-state index in [1.165, 1.54) is 25.3 Å². The van der Waals surface area contributed by atoms with Gasteiger partial charge in [-0.2, -0.15) is 0 Å². The largest absolute Gasteiger partial charge is 0.478 e. The van der Waals surface area contributed by atoms with Crippen LogP contribution in [-0.2, 0) is 0 Å². The van der Waals surface area contributed by atoms with Crippen LogP contribution in [0.2, 0.25) is 0 Å². The summed E-state index contributed by atoms with van der Waals surface area (Å²) < 4.78 is 0. The average Bonchev–Trinajstić information content (AvgIpc) is 2.30. The van der Waals surface area contributed by atoms with Gasteiger partial charge in [-0.1, -0.05) is 6.42 Å². The van der Waals surface area contributed by atoms with Gasteiger partial charge in [0.15, 0.2) is 0 Å². The van der Waals surface area contributed by atoms with E-state index in [2.05, 4.69) is 10.4 Å². The number of rotatable bonds is 3. The van der Waals surface area contributed by atoms with Crippen molar-refractivity contribution >= 4 is 17.3 Å². The molecule has 0 bridgehead atoms. The number of nitrogens with zero attached hydrogens (tertiary/aromatic N) is 1. The molecule has 5 heteroatoms. The second-order valence-corrected chi connectivity index (χ2v) is 4.27. The van der Waals surface area contributed by atoms with Gasteiger partial charge in [0.25, 0.3) is 0 Å². The number of aromatic carboxylic acids is 1. The quantitative estimate of drug-likeness (QED) is 0.696. The molecule has 0 radical (unpaired) electrons. The highest BCUT2D eigenvalue weighted by Gasteiger charge is 2.11. The van der Waals surface area contributed by atoms with Crippen LogP contribution in [0.15, 0.2) is 18.2 Å². The lowest BCUT2D eigenvalue weighted by molar-refractivity contribution is 0.0698. The van der Waals surface area contributed by atoms with Crippen molar-refractivity contribution < 1.29 is 9.90 Å². The third-order valence-corrected chi connectivity index (χ3v) is 2.93. The van der Waals surface area contributed by atoms with E-state index in [0.717, 1.165) is 18.8 Å². The molecule has 1 aromatic carbocycles. The molecule has 92 valence electrons. The number of benzene rings is 1. The molecule has 0 unspecified atom stereocenters. The maximum atomic E-state index is 10.8. The molecule has 1 aliphatic rings. The van der Waals surface area contributed by atoms with Gasteiger partial charge in [0.2, 0.25) is 0 Å². The summed E-state index contributed by atoms with van der Waals surface area (Å²) in [5.74, 6) is -0.993. The summed E-state index contributed by atoms with van der Waals surface area (Å²) in [6, 6.07) is 4.94. The topological polar surface area (TPSA) is 78.6 Å². The zero-order valence-electron chi connectivity index (χ0n) is 9.65. The molecule has 0 amide bonds. The molecular weight excluding hydrogens is 218 g/mol. The van der Waals surface area contributed by atoms with E-state index in [1.807, 2.05) is 0 Å². The lowest BCUT2D eigenvalue weighted by Crippen LogP contribution is -2.34. The number of carbonyl (C=O) groups is 1. The van der Waals surface area contributed by atoms with Crippen molar-refractivity contribution in [3.05, 3.63) is 23.8 Å². The lowest BCUT2D eigenvalue weighted by Gasteiger charge is -2.28. The van der Waals surface area contributed by atoms with Crippen LogP contribution in [0, 0.1) is 0 Å². The summed E-state index contributed by atoms with van der Waals surface area (Å²) >= 11 is 0. The Kier molecular flexibility index (Phi) is 3.49. The lowest BCUT2D eigenvalue weighted by atomic mass is 10.1. The van der Waals surface area contributed by atoms with Crippen molar-refractivity contribution in [2.75, 3.05) is 24.2 Å². The van der Waals surface area contributed by atoms with Crippen molar-refractivity contribution in [1.82, 2.24) is 5.01 Å². The van der Waals surface area contributed by atoms with E-state index in [0.29, 0.717) is 5.69 Å². The van der Waals surface area contributed by atoms with Crippen LogP contribution in [0.5, 0.6) is 0 Å². The highest BCUT2D eigenvalue weighted by Crippen LogP contribution is 2.19. The third kappa shape index (κ3) is 2.88. The van der Waals surface area contributed by atoms with E-state index in [-0.39, 0.29) is 5.56 Å². The molecule has 2 rings (SSSR count). The number of carboxylic acid groups (broad SMARTS) is 1. The Morgan fingerprint density at radius 1 is 1.29 bits per heavy atom. The van der Waals surface area contributed by atoms with E-state index in [4.69, 9.17) is 10.8 Å². The number of nitrogens with two attached hydrogens (primary N) is 1. The molecule has 1 aromatic rings. The number of hydrogen-bond donors (Lipinski definition) is 3. The van der Waals surface area contributed by atoms with Gasteiger partial charge in [-0.05, 0) is 31.0 Å². The van der Waals surface area contributed by atoms with Gasteiger partial charge in [-0.25, -0.2) is 9.80 Å². The van der Waals surface area contributed by atoms with Crippen LogP contribution in [0.3, 0.4) is 0 Å². The van der Waals surface area contributed by atoms with Crippen molar-refractivity contribution in [1.29, 1.82) is 0 Å². The number of hydrazine groups is 1. The van der Waals surface area contributed by atoms with Crippen LogP contribution < -0.4 is 11.2 Å². The van der Waals surface area contributed by atoms with Crippen molar-refractivity contribution in [2.24, 2.45) is 0 Å². The van der Waals surface area contributed by atoms with E-state index in [9.17, 15) is 4.79 Å². The molecule has 4 N–H and O–H groups in total. The molecule has 0 atom stereocenters. The first-order valence-corrected chi connectivity index (χ1v) is 5.81. The number of anilines is 2. The summed E-state index contributed by atoms with van der Waals surface area (Å²) in [6.45, 7) is 2.03. The summed E-state index contributed by atoms with van der Waals surface area (Å²) in [5.41, 5.74) is 10.2. The normalized spacial score (nSPS) is 16.7. The van der Waals surface area contributed by atoms with E-state index < -0.39 is 5.97 Å². The molecule has 0 spiro atoms. The first-order valence-electron chi connectivity index (χ1n) is 5.81. The van der Waals surface area contributed by atoms with Gasteiger partial charge >= 0.3 is 5.97 Å². The number of hydrogen-bond acceptors (Lipinski definition) is 4. The fourth-order valence-corrected chi connectivity index (χ4v) is 2.02. The Morgan fingerprint density at radius 3 is 2.59 bits per heavy atom. The Labute approximate surface area is 100 Å². The maximum absolute atomic E-state index is 10.8. The Bertz CT molecular complexity index is 414. The third-order valence-electron chi connectivity index (χ3n) is 2.93. The Morgan fingerprint density at radius 2 is 2.00 bits per heavy atom. The number of piperidine rings is 1. The summed E-state index contributed by atoms with van der Waals surface area (Å²) in [5, 5.41) is 11.0. The second-order valence-electron chi connectivity index (χ2n) is 4.27. The molecule has 0 saturated carbocycles. The minimum Gasteiger partial charge on any atom is -0.478 e. The molecular formula is C12H17N3O2. The van der Waals surface area contributed by atoms with Crippen LogP contribution in [0.25, 0.3) is 0 Å². The van der Waals surface area contributed by atoms with Gasteiger partial charge in [-0.15, -0.1) is 0 Å².